The van der Waals surface area contributed by atoms with Crippen LogP contribution in [0.4, 0.5) is 5.69 Å². The Bertz CT molecular complexity index is 1010. The number of hydrogen-bond acceptors (Lipinski definition) is 9. The van der Waals surface area contributed by atoms with E-state index in [1.54, 1.807) is 24.4 Å². The van der Waals surface area contributed by atoms with Crippen molar-refractivity contribution in [2.24, 2.45) is 10.7 Å². The van der Waals surface area contributed by atoms with Gasteiger partial charge in [-0.1, -0.05) is 0 Å². The fourth-order valence-electron chi connectivity index (χ4n) is 4.96. The molecular weight excluding hydrogens is 484 g/mol. The number of ether oxygens (including phenoxy) is 1. The lowest BCUT2D eigenvalue weighted by Crippen LogP contribution is -2.46. The van der Waals surface area contributed by atoms with E-state index in [2.05, 4.69) is 31.5 Å². The van der Waals surface area contributed by atoms with E-state index < -0.39 is 0 Å². The highest BCUT2D eigenvalue weighted by Gasteiger charge is 2.23. The zero-order valence-corrected chi connectivity index (χ0v) is 22.4. The summed E-state index contributed by atoms with van der Waals surface area (Å²) in [5, 5.41) is 15.9. The Morgan fingerprint density at radius 3 is 2.71 bits per heavy atom. The Hall–Kier alpha value is -2.99. The molecule has 38 heavy (non-hydrogen) atoms. The summed E-state index contributed by atoms with van der Waals surface area (Å²) in [5.41, 5.74) is 6.72. The predicted octanol–water partition coefficient (Wildman–Crippen LogP) is 0.752. The van der Waals surface area contributed by atoms with Crippen LogP contribution in [0.2, 0.25) is 0 Å². The van der Waals surface area contributed by atoms with Crippen LogP contribution in [0.1, 0.15) is 49.4 Å². The van der Waals surface area contributed by atoms with E-state index in [4.69, 9.17) is 15.5 Å². The fraction of sp³-hybridized carbons (Fsp3) is 0.593. The zero-order chi connectivity index (χ0) is 26.7. The summed E-state index contributed by atoms with van der Waals surface area (Å²) in [6.45, 7) is 8.47. The minimum atomic E-state index is -0.226. The number of nitrogens with zero attached hydrogens (tertiary/aromatic N) is 2. The van der Waals surface area contributed by atoms with Gasteiger partial charge in [-0.05, 0) is 63.4 Å². The summed E-state index contributed by atoms with van der Waals surface area (Å²) in [7, 11) is 0. The van der Waals surface area contributed by atoms with Gasteiger partial charge >= 0.3 is 0 Å². The highest BCUT2D eigenvalue weighted by Crippen LogP contribution is 2.32. The third-order valence-corrected chi connectivity index (χ3v) is 7.11. The monoisotopic (exact) mass is 526 g/mol. The maximum Gasteiger partial charge on any atom is 0.251 e. The minimum absolute atomic E-state index is 0.143. The molecule has 1 aliphatic carbocycles. The standard InChI is InChI=1S/C27H42N8O3/c1-19(36)33-26-25(18-32-22-6-4-21(5-7-22)30-10-2-9-28)38-24-8-3-20(17-23(24)34-26)27(37)31-13-16-35-14-11-29-12-15-35/h3,8,17-18,21-22,29-30,34H,2,4-7,9-16,28H2,1H3,(H,31,37)(H,33,36). The van der Waals surface area contributed by atoms with Crippen molar-refractivity contribution >= 4 is 23.7 Å². The van der Waals surface area contributed by atoms with Crippen LogP contribution in [0.3, 0.4) is 0 Å². The second-order valence-electron chi connectivity index (χ2n) is 10.1. The number of rotatable bonds is 11. The molecule has 3 aliphatic rings. The molecule has 2 fully saturated rings. The zero-order valence-electron chi connectivity index (χ0n) is 22.4. The van der Waals surface area contributed by atoms with Gasteiger partial charge in [-0.25, -0.2) is 0 Å². The van der Waals surface area contributed by atoms with Crippen LogP contribution in [-0.2, 0) is 4.79 Å². The summed E-state index contributed by atoms with van der Waals surface area (Å²) in [6, 6.07) is 5.99. The molecule has 2 amide bonds. The van der Waals surface area contributed by atoms with Crippen molar-refractivity contribution in [3.63, 3.8) is 0 Å². The van der Waals surface area contributed by atoms with Crippen LogP contribution >= 0.6 is 0 Å². The van der Waals surface area contributed by atoms with Crippen LogP contribution in [0, 0.1) is 0 Å². The maximum absolute atomic E-state index is 12.7. The number of carbonyl (C=O) groups excluding carboxylic acids is 2. The van der Waals surface area contributed by atoms with Gasteiger partial charge in [0.05, 0.1) is 17.9 Å². The number of allylic oxidation sites excluding steroid dienone is 1. The molecule has 11 heteroatoms. The predicted molar refractivity (Wildman–Crippen MR) is 149 cm³/mol. The first-order valence-corrected chi connectivity index (χ1v) is 13.8. The van der Waals surface area contributed by atoms with Crippen molar-refractivity contribution < 1.29 is 14.3 Å². The Balaban J connectivity index is 1.34. The van der Waals surface area contributed by atoms with Crippen LogP contribution in [0.5, 0.6) is 5.75 Å². The van der Waals surface area contributed by atoms with Crippen LogP contribution in [-0.4, -0.2) is 87.4 Å². The Morgan fingerprint density at radius 2 is 1.97 bits per heavy atom. The van der Waals surface area contributed by atoms with Gasteiger partial charge in [0.1, 0.15) is 0 Å². The van der Waals surface area contributed by atoms with Crippen molar-refractivity contribution in [1.29, 1.82) is 0 Å². The van der Waals surface area contributed by atoms with Crippen LogP contribution < -0.4 is 37.1 Å². The van der Waals surface area contributed by atoms with Gasteiger partial charge in [0.2, 0.25) is 5.91 Å². The highest BCUT2D eigenvalue weighted by atomic mass is 16.5. The molecule has 0 spiro atoms. The van der Waals surface area contributed by atoms with Crippen molar-refractivity contribution in [3.8, 4) is 5.75 Å². The molecule has 0 bridgehead atoms. The molecule has 1 aromatic carbocycles. The number of fused-ring (bicyclic) bond motifs is 1. The van der Waals surface area contributed by atoms with Crippen LogP contribution in [0.25, 0.3) is 0 Å². The largest absolute Gasteiger partial charge is 0.450 e. The molecule has 4 rings (SSSR count). The molecule has 1 aromatic rings. The van der Waals surface area contributed by atoms with Crippen molar-refractivity contribution in [2.45, 2.75) is 51.1 Å². The molecule has 1 saturated carbocycles. The number of carbonyl (C=O) groups is 2. The quantitative estimate of drug-likeness (QED) is 0.183. The minimum Gasteiger partial charge on any atom is -0.450 e. The number of nitrogens with one attached hydrogen (secondary N) is 5. The first-order chi connectivity index (χ1) is 18.5. The number of hydrogen-bond donors (Lipinski definition) is 6. The van der Waals surface area contributed by atoms with E-state index in [1.807, 2.05) is 0 Å². The molecule has 0 aromatic heterocycles. The maximum atomic E-state index is 12.7. The Kier molecular flexibility index (Phi) is 10.5. The summed E-state index contributed by atoms with van der Waals surface area (Å²) < 4.78 is 6.10. The molecule has 2 heterocycles. The first kappa shape index (κ1) is 28.0. The van der Waals surface area contributed by atoms with E-state index >= 15 is 0 Å². The second-order valence-corrected chi connectivity index (χ2v) is 10.1. The van der Waals surface area contributed by atoms with E-state index in [0.717, 1.165) is 71.4 Å². The molecule has 2 aliphatic heterocycles. The number of anilines is 1. The van der Waals surface area contributed by atoms with E-state index in [1.165, 1.54) is 6.92 Å². The smallest absolute Gasteiger partial charge is 0.251 e. The SMILES string of the molecule is CC(=O)NC1=C(C=NC2CCC(NCCCN)CC2)Oc2ccc(C(=O)NCCN3CCNCC3)cc2N1. The Morgan fingerprint density at radius 1 is 1.18 bits per heavy atom. The summed E-state index contributed by atoms with van der Waals surface area (Å²) in [6.07, 6.45) is 6.84. The molecule has 0 atom stereocenters. The van der Waals surface area contributed by atoms with Gasteiger partial charge in [0.15, 0.2) is 17.3 Å². The molecule has 208 valence electrons. The van der Waals surface area contributed by atoms with Gasteiger partial charge in [-0.15, -0.1) is 0 Å². The first-order valence-electron chi connectivity index (χ1n) is 13.8. The average molecular weight is 527 g/mol. The molecule has 11 nitrogen and oxygen atoms in total. The van der Waals surface area contributed by atoms with Gasteiger partial charge in [-0.3, -0.25) is 19.5 Å². The summed E-state index contributed by atoms with van der Waals surface area (Å²) in [5.74, 6) is 1.07. The summed E-state index contributed by atoms with van der Waals surface area (Å²) in [4.78, 5) is 31.7. The third-order valence-electron chi connectivity index (χ3n) is 7.11. The number of benzene rings is 1. The normalized spacial score (nSPS) is 21.9. The number of nitrogens with two attached hydrogens (primary N) is 1. The van der Waals surface area contributed by atoms with E-state index in [9.17, 15) is 9.59 Å². The fourth-order valence-corrected chi connectivity index (χ4v) is 4.96. The molecule has 7 N–H and O–H groups in total. The van der Waals surface area contributed by atoms with Gasteiger partial charge in [0.25, 0.3) is 5.91 Å². The van der Waals surface area contributed by atoms with Crippen molar-refractivity contribution in [3.05, 3.63) is 35.3 Å². The van der Waals surface area contributed by atoms with Gasteiger partial charge in [-0.2, -0.15) is 0 Å². The van der Waals surface area contributed by atoms with Crippen molar-refractivity contribution in [1.82, 2.24) is 26.2 Å². The topological polar surface area (TPSA) is 145 Å². The second kappa shape index (κ2) is 14.2. The lowest BCUT2D eigenvalue weighted by atomic mass is 9.91. The van der Waals surface area contributed by atoms with Gasteiger partial charge in [0, 0.05) is 57.8 Å². The molecule has 0 radical (unpaired) electrons. The number of piperazine rings is 1. The third kappa shape index (κ3) is 8.26. The Labute approximate surface area is 225 Å². The lowest BCUT2D eigenvalue weighted by molar-refractivity contribution is -0.118. The van der Waals surface area contributed by atoms with Gasteiger partial charge < -0.3 is 37.1 Å². The highest BCUT2D eigenvalue weighted by molar-refractivity contribution is 5.96. The lowest BCUT2D eigenvalue weighted by Gasteiger charge is -2.28. The average Bonchev–Trinajstić information content (AvgIpc) is 2.92. The van der Waals surface area contributed by atoms with E-state index in [-0.39, 0.29) is 17.9 Å². The number of aliphatic imine (C=N–C) groups is 1. The molecule has 1 saturated heterocycles. The molecular formula is C27H42N8O3. The van der Waals surface area contributed by atoms with Crippen LogP contribution in [0.15, 0.2) is 34.8 Å². The summed E-state index contributed by atoms with van der Waals surface area (Å²) >= 11 is 0. The number of amides is 2. The van der Waals surface area contributed by atoms with Crippen molar-refractivity contribution in [2.75, 3.05) is 57.7 Å². The molecule has 0 unspecified atom stereocenters. The van der Waals surface area contributed by atoms with E-state index in [0.29, 0.717) is 47.7 Å².